The molecule has 0 bridgehead atoms. The molecule has 74 valence electrons. The van der Waals surface area contributed by atoms with Gasteiger partial charge < -0.3 is 9.84 Å². The zero-order valence-electron chi connectivity index (χ0n) is 7.51. The first-order chi connectivity index (χ1) is 6.77. The molecule has 0 radical (unpaired) electrons. The summed E-state index contributed by atoms with van der Waals surface area (Å²) >= 11 is 0. The van der Waals surface area contributed by atoms with Gasteiger partial charge in [0, 0.05) is 12.8 Å². The Morgan fingerprint density at radius 2 is 2.50 bits per heavy atom. The molecule has 0 amide bonds. The molecule has 1 aromatic heterocycles. The van der Waals surface area contributed by atoms with Gasteiger partial charge in [-0.15, -0.1) is 0 Å². The summed E-state index contributed by atoms with van der Waals surface area (Å²) in [6.07, 6.45) is 3.16. The van der Waals surface area contributed by atoms with Crippen LogP contribution in [-0.2, 0) is 4.74 Å². The van der Waals surface area contributed by atoms with Gasteiger partial charge in [0.1, 0.15) is 6.10 Å². The second-order valence-corrected chi connectivity index (χ2v) is 3.11. The number of nitrogens with zero attached hydrogens (tertiary/aromatic N) is 2. The van der Waals surface area contributed by atoms with Crippen LogP contribution in [0.2, 0.25) is 0 Å². The molecule has 1 N–H and O–H groups in total. The Morgan fingerprint density at radius 3 is 3.14 bits per heavy atom. The lowest BCUT2D eigenvalue weighted by Gasteiger charge is -2.07. The van der Waals surface area contributed by atoms with Gasteiger partial charge in [0.25, 0.3) is 0 Å². The molecule has 0 spiro atoms. The molecule has 0 aliphatic carbocycles. The van der Waals surface area contributed by atoms with Crippen LogP contribution in [0.1, 0.15) is 35.3 Å². The van der Waals surface area contributed by atoms with Gasteiger partial charge in [0.15, 0.2) is 11.5 Å². The number of aromatic nitrogens is 2. The predicted octanol–water partition coefficient (Wildman–Crippen LogP) is 1.03. The molecule has 5 nitrogen and oxygen atoms in total. The SMILES string of the molecule is O=C(O)c1ccnc(C2CCCO2)n1. The lowest BCUT2D eigenvalue weighted by atomic mass is 10.2. The van der Waals surface area contributed by atoms with Gasteiger partial charge in [-0.1, -0.05) is 0 Å². The van der Waals surface area contributed by atoms with Crippen LogP contribution < -0.4 is 0 Å². The summed E-state index contributed by atoms with van der Waals surface area (Å²) in [5, 5.41) is 8.72. The van der Waals surface area contributed by atoms with E-state index in [1.165, 1.54) is 12.3 Å². The molecule has 5 heteroatoms. The van der Waals surface area contributed by atoms with Crippen molar-refractivity contribution in [3.8, 4) is 0 Å². The Kier molecular flexibility index (Phi) is 2.41. The van der Waals surface area contributed by atoms with Crippen LogP contribution in [0.3, 0.4) is 0 Å². The third kappa shape index (κ3) is 1.72. The zero-order valence-corrected chi connectivity index (χ0v) is 7.51. The molecule has 1 fully saturated rings. The highest BCUT2D eigenvalue weighted by Crippen LogP contribution is 2.25. The lowest BCUT2D eigenvalue weighted by molar-refractivity contribution is 0.0686. The third-order valence-electron chi connectivity index (χ3n) is 2.11. The lowest BCUT2D eigenvalue weighted by Crippen LogP contribution is -2.08. The third-order valence-corrected chi connectivity index (χ3v) is 2.11. The van der Waals surface area contributed by atoms with Crippen molar-refractivity contribution in [3.05, 3.63) is 23.8 Å². The van der Waals surface area contributed by atoms with Gasteiger partial charge >= 0.3 is 5.97 Å². The van der Waals surface area contributed by atoms with E-state index >= 15 is 0 Å². The van der Waals surface area contributed by atoms with Crippen molar-refractivity contribution in [1.29, 1.82) is 0 Å². The minimum absolute atomic E-state index is 0.0190. The van der Waals surface area contributed by atoms with Crippen LogP contribution in [-0.4, -0.2) is 27.7 Å². The molecule has 2 rings (SSSR count). The van der Waals surface area contributed by atoms with Gasteiger partial charge in [-0.05, 0) is 18.9 Å². The predicted molar refractivity (Wildman–Crippen MR) is 46.9 cm³/mol. The van der Waals surface area contributed by atoms with Crippen molar-refractivity contribution in [1.82, 2.24) is 9.97 Å². The topological polar surface area (TPSA) is 72.3 Å². The van der Waals surface area contributed by atoms with Crippen LogP contribution in [0.4, 0.5) is 0 Å². The average Bonchev–Trinajstić information content (AvgIpc) is 2.71. The molecule has 1 unspecified atom stereocenters. The van der Waals surface area contributed by atoms with Crippen LogP contribution in [0.25, 0.3) is 0 Å². The van der Waals surface area contributed by atoms with E-state index in [9.17, 15) is 4.79 Å². The minimum Gasteiger partial charge on any atom is -0.477 e. The summed E-state index contributed by atoms with van der Waals surface area (Å²) < 4.78 is 5.36. The van der Waals surface area contributed by atoms with E-state index in [1.54, 1.807) is 0 Å². The molecule has 0 aromatic carbocycles. The highest BCUT2D eigenvalue weighted by Gasteiger charge is 2.21. The summed E-state index contributed by atoms with van der Waals surface area (Å²) in [5.41, 5.74) is 0.0190. The first-order valence-corrected chi connectivity index (χ1v) is 4.45. The van der Waals surface area contributed by atoms with E-state index in [1.807, 2.05) is 0 Å². The van der Waals surface area contributed by atoms with Crippen molar-refractivity contribution in [2.24, 2.45) is 0 Å². The van der Waals surface area contributed by atoms with Gasteiger partial charge in [0.05, 0.1) is 0 Å². The summed E-state index contributed by atoms with van der Waals surface area (Å²) in [5.74, 6) is -0.561. The maximum absolute atomic E-state index is 10.6. The number of rotatable bonds is 2. The monoisotopic (exact) mass is 194 g/mol. The van der Waals surface area contributed by atoms with E-state index in [4.69, 9.17) is 9.84 Å². The minimum atomic E-state index is -1.04. The van der Waals surface area contributed by atoms with E-state index in [2.05, 4.69) is 9.97 Å². The van der Waals surface area contributed by atoms with Crippen LogP contribution in [0, 0.1) is 0 Å². The molecule has 1 atom stereocenters. The summed E-state index contributed by atoms with van der Waals surface area (Å²) in [4.78, 5) is 18.6. The normalized spacial score (nSPS) is 21.0. The molecule has 2 heterocycles. The van der Waals surface area contributed by atoms with E-state index < -0.39 is 5.97 Å². The number of ether oxygens (including phenoxy) is 1. The average molecular weight is 194 g/mol. The standard InChI is InChI=1S/C9H10N2O3/c12-9(13)6-3-4-10-8(11-6)7-2-1-5-14-7/h3-4,7H,1-2,5H2,(H,12,13). The fourth-order valence-corrected chi connectivity index (χ4v) is 1.43. The molecule has 14 heavy (non-hydrogen) atoms. The first kappa shape index (κ1) is 9.08. The summed E-state index contributed by atoms with van der Waals surface area (Å²) in [6.45, 7) is 0.700. The summed E-state index contributed by atoms with van der Waals surface area (Å²) in [6, 6.07) is 1.38. The number of carboxylic acid groups (broad SMARTS) is 1. The largest absolute Gasteiger partial charge is 0.477 e. The van der Waals surface area contributed by atoms with E-state index in [0.717, 1.165) is 12.8 Å². The molecule has 1 aliphatic rings. The number of hydrogen-bond donors (Lipinski definition) is 1. The Bertz CT molecular complexity index is 348. The highest BCUT2D eigenvalue weighted by atomic mass is 16.5. The van der Waals surface area contributed by atoms with Crippen molar-refractivity contribution >= 4 is 5.97 Å². The molecule has 1 aromatic rings. The molecule has 0 saturated carbocycles. The first-order valence-electron chi connectivity index (χ1n) is 4.45. The maximum atomic E-state index is 10.6. The highest BCUT2D eigenvalue weighted by molar-refractivity contribution is 5.85. The smallest absolute Gasteiger partial charge is 0.354 e. The van der Waals surface area contributed by atoms with Gasteiger partial charge in [-0.25, -0.2) is 14.8 Å². The fourth-order valence-electron chi connectivity index (χ4n) is 1.43. The van der Waals surface area contributed by atoms with Crippen molar-refractivity contribution in [3.63, 3.8) is 0 Å². The van der Waals surface area contributed by atoms with Crippen LogP contribution >= 0.6 is 0 Å². The van der Waals surface area contributed by atoms with E-state index in [0.29, 0.717) is 12.4 Å². The Labute approximate surface area is 80.8 Å². The quantitative estimate of drug-likeness (QED) is 0.761. The van der Waals surface area contributed by atoms with Gasteiger partial charge in [-0.2, -0.15) is 0 Å². The van der Waals surface area contributed by atoms with Crippen molar-refractivity contribution in [2.75, 3.05) is 6.61 Å². The zero-order chi connectivity index (χ0) is 9.97. The fraction of sp³-hybridized carbons (Fsp3) is 0.444. The molecular weight excluding hydrogens is 184 g/mol. The van der Waals surface area contributed by atoms with Crippen molar-refractivity contribution < 1.29 is 14.6 Å². The molecular formula is C9H10N2O3. The maximum Gasteiger partial charge on any atom is 0.354 e. The van der Waals surface area contributed by atoms with Gasteiger partial charge in [-0.3, -0.25) is 0 Å². The Balaban J connectivity index is 2.25. The van der Waals surface area contributed by atoms with E-state index in [-0.39, 0.29) is 11.8 Å². The second-order valence-electron chi connectivity index (χ2n) is 3.11. The van der Waals surface area contributed by atoms with Crippen LogP contribution in [0.5, 0.6) is 0 Å². The number of carbonyl (C=O) groups is 1. The second kappa shape index (κ2) is 3.71. The summed E-state index contributed by atoms with van der Waals surface area (Å²) in [7, 11) is 0. The number of carboxylic acids is 1. The molecule has 1 aliphatic heterocycles. The van der Waals surface area contributed by atoms with Crippen molar-refractivity contribution in [2.45, 2.75) is 18.9 Å². The number of aromatic carboxylic acids is 1. The van der Waals surface area contributed by atoms with Crippen LogP contribution in [0.15, 0.2) is 12.3 Å². The van der Waals surface area contributed by atoms with Gasteiger partial charge in [0.2, 0.25) is 0 Å². The number of hydrogen-bond acceptors (Lipinski definition) is 4. The Hall–Kier alpha value is -1.49. The Morgan fingerprint density at radius 1 is 1.64 bits per heavy atom. The molecule has 1 saturated heterocycles.